The minimum atomic E-state index is -0.515. The summed E-state index contributed by atoms with van der Waals surface area (Å²) in [7, 11) is 5.98. The number of likely N-dealkylation sites (N-methyl/N-ethyl adjacent to an activating group) is 1. The van der Waals surface area contributed by atoms with Crippen molar-refractivity contribution in [2.75, 3.05) is 41.0 Å². The standard InChI is InChI=1S/C11H25N3O2/c1-9(2)10(12)11(15)16-7-6-14(5)8-13(3)4/h9-10H,6-8,12H2,1-5H3. The van der Waals surface area contributed by atoms with E-state index in [1.165, 1.54) is 0 Å². The first-order valence-corrected chi connectivity index (χ1v) is 5.60. The third-order valence-corrected chi connectivity index (χ3v) is 2.23. The van der Waals surface area contributed by atoms with Gasteiger partial charge in [0, 0.05) is 13.2 Å². The number of nitrogens with two attached hydrogens (primary N) is 1. The number of carbonyl (C=O) groups is 1. The molecule has 96 valence electrons. The van der Waals surface area contributed by atoms with E-state index in [1.54, 1.807) is 0 Å². The predicted molar refractivity (Wildman–Crippen MR) is 65.0 cm³/mol. The summed E-state index contributed by atoms with van der Waals surface area (Å²) in [5.41, 5.74) is 5.66. The molecular weight excluding hydrogens is 206 g/mol. The summed E-state index contributed by atoms with van der Waals surface area (Å²) >= 11 is 0. The molecule has 0 aromatic carbocycles. The molecular formula is C11H25N3O2. The number of nitrogens with zero attached hydrogens (tertiary/aromatic N) is 2. The van der Waals surface area contributed by atoms with Crippen LogP contribution < -0.4 is 5.73 Å². The lowest BCUT2D eigenvalue weighted by Crippen LogP contribution is -2.39. The van der Waals surface area contributed by atoms with Gasteiger partial charge in [-0.2, -0.15) is 0 Å². The summed E-state index contributed by atoms with van der Waals surface area (Å²) in [5, 5.41) is 0. The van der Waals surface area contributed by atoms with E-state index in [4.69, 9.17) is 10.5 Å². The summed E-state index contributed by atoms with van der Waals surface area (Å²) < 4.78 is 5.09. The van der Waals surface area contributed by atoms with Crippen LogP contribution >= 0.6 is 0 Å². The highest BCUT2D eigenvalue weighted by molar-refractivity contribution is 5.75. The summed E-state index contributed by atoms with van der Waals surface area (Å²) in [4.78, 5) is 15.5. The van der Waals surface area contributed by atoms with Crippen molar-refractivity contribution < 1.29 is 9.53 Å². The highest BCUT2D eigenvalue weighted by Crippen LogP contribution is 2.00. The first-order valence-electron chi connectivity index (χ1n) is 5.60. The smallest absolute Gasteiger partial charge is 0.323 e. The summed E-state index contributed by atoms with van der Waals surface area (Å²) in [5.74, 6) is -0.194. The van der Waals surface area contributed by atoms with Crippen LogP contribution in [0.5, 0.6) is 0 Å². The third-order valence-electron chi connectivity index (χ3n) is 2.23. The van der Waals surface area contributed by atoms with Crippen molar-refractivity contribution in [2.45, 2.75) is 19.9 Å². The normalized spacial score (nSPS) is 13.6. The van der Waals surface area contributed by atoms with Crippen LogP contribution in [0.15, 0.2) is 0 Å². The largest absolute Gasteiger partial charge is 0.463 e. The monoisotopic (exact) mass is 231 g/mol. The highest BCUT2D eigenvalue weighted by atomic mass is 16.5. The Hall–Kier alpha value is -0.650. The molecule has 0 aliphatic rings. The van der Waals surface area contributed by atoms with Gasteiger partial charge in [0.15, 0.2) is 0 Å². The average molecular weight is 231 g/mol. The van der Waals surface area contributed by atoms with Gasteiger partial charge < -0.3 is 10.5 Å². The predicted octanol–water partition coefficient (Wildman–Crippen LogP) is -0.0362. The molecule has 0 aliphatic heterocycles. The Labute approximate surface area is 98.5 Å². The molecule has 16 heavy (non-hydrogen) atoms. The van der Waals surface area contributed by atoms with Gasteiger partial charge in [-0.25, -0.2) is 0 Å². The van der Waals surface area contributed by atoms with E-state index in [-0.39, 0.29) is 11.9 Å². The highest BCUT2D eigenvalue weighted by Gasteiger charge is 2.18. The first-order chi connectivity index (χ1) is 7.34. The fraction of sp³-hybridized carbons (Fsp3) is 0.909. The minimum Gasteiger partial charge on any atom is -0.463 e. The molecule has 5 heteroatoms. The fourth-order valence-corrected chi connectivity index (χ4v) is 1.22. The van der Waals surface area contributed by atoms with Crippen LogP contribution in [0.1, 0.15) is 13.8 Å². The van der Waals surface area contributed by atoms with Crippen LogP contribution in [-0.4, -0.2) is 62.8 Å². The molecule has 0 heterocycles. The zero-order chi connectivity index (χ0) is 12.7. The Morgan fingerprint density at radius 1 is 1.31 bits per heavy atom. The van der Waals surface area contributed by atoms with Crippen molar-refractivity contribution in [3.8, 4) is 0 Å². The van der Waals surface area contributed by atoms with Crippen LogP contribution in [-0.2, 0) is 9.53 Å². The van der Waals surface area contributed by atoms with E-state index in [0.717, 1.165) is 6.67 Å². The Morgan fingerprint density at radius 3 is 2.31 bits per heavy atom. The van der Waals surface area contributed by atoms with Crippen LogP contribution in [0.3, 0.4) is 0 Å². The molecule has 0 spiro atoms. The quantitative estimate of drug-likeness (QED) is 0.492. The van der Waals surface area contributed by atoms with Crippen LogP contribution in [0, 0.1) is 5.92 Å². The van der Waals surface area contributed by atoms with Gasteiger partial charge in [-0.15, -0.1) is 0 Å². The number of rotatable bonds is 7. The number of hydrogen-bond acceptors (Lipinski definition) is 5. The van der Waals surface area contributed by atoms with Crippen LogP contribution in [0.2, 0.25) is 0 Å². The third kappa shape index (κ3) is 6.76. The maximum atomic E-state index is 11.4. The molecule has 0 saturated carbocycles. The fourth-order valence-electron chi connectivity index (χ4n) is 1.22. The topological polar surface area (TPSA) is 58.8 Å². The number of ether oxygens (including phenoxy) is 1. The van der Waals surface area contributed by atoms with Crippen molar-refractivity contribution in [3.05, 3.63) is 0 Å². The van der Waals surface area contributed by atoms with Gasteiger partial charge in [0.2, 0.25) is 0 Å². The van der Waals surface area contributed by atoms with Crippen molar-refractivity contribution in [1.29, 1.82) is 0 Å². The molecule has 0 bridgehead atoms. The molecule has 0 aromatic rings. The molecule has 2 N–H and O–H groups in total. The van der Waals surface area contributed by atoms with Crippen molar-refractivity contribution in [3.63, 3.8) is 0 Å². The van der Waals surface area contributed by atoms with Gasteiger partial charge in [0.05, 0.1) is 0 Å². The zero-order valence-electron chi connectivity index (χ0n) is 11.1. The molecule has 1 atom stereocenters. The molecule has 0 saturated heterocycles. The maximum absolute atomic E-state index is 11.4. The Kier molecular flexibility index (Phi) is 7.29. The molecule has 0 fully saturated rings. The number of esters is 1. The Morgan fingerprint density at radius 2 is 1.88 bits per heavy atom. The summed E-state index contributed by atoms with van der Waals surface area (Å²) in [6.45, 7) is 5.76. The maximum Gasteiger partial charge on any atom is 0.323 e. The van der Waals surface area contributed by atoms with E-state index in [2.05, 4.69) is 9.80 Å². The Bertz CT molecular complexity index is 207. The second kappa shape index (κ2) is 7.60. The molecule has 0 aromatic heterocycles. The van der Waals surface area contributed by atoms with Gasteiger partial charge in [-0.3, -0.25) is 14.6 Å². The first kappa shape index (κ1) is 15.3. The molecule has 5 nitrogen and oxygen atoms in total. The number of hydrogen-bond donors (Lipinski definition) is 1. The number of carbonyl (C=O) groups excluding carboxylic acids is 1. The second-order valence-corrected chi connectivity index (χ2v) is 4.74. The lowest BCUT2D eigenvalue weighted by atomic mass is 10.1. The molecule has 1 unspecified atom stereocenters. The van der Waals surface area contributed by atoms with Gasteiger partial charge >= 0.3 is 5.97 Å². The zero-order valence-corrected chi connectivity index (χ0v) is 11.1. The van der Waals surface area contributed by atoms with Crippen LogP contribution in [0.4, 0.5) is 0 Å². The van der Waals surface area contributed by atoms with Crippen molar-refractivity contribution >= 4 is 5.97 Å². The molecule has 0 radical (unpaired) electrons. The molecule has 0 amide bonds. The SMILES string of the molecule is CC(C)C(N)C(=O)OCCN(C)CN(C)C. The lowest BCUT2D eigenvalue weighted by Gasteiger charge is -2.21. The van der Waals surface area contributed by atoms with E-state index >= 15 is 0 Å². The molecule has 0 aliphatic carbocycles. The summed E-state index contributed by atoms with van der Waals surface area (Å²) in [6, 6.07) is -0.515. The van der Waals surface area contributed by atoms with E-state index < -0.39 is 6.04 Å². The van der Waals surface area contributed by atoms with Gasteiger partial charge in [-0.1, -0.05) is 13.8 Å². The average Bonchev–Trinajstić information content (AvgIpc) is 2.14. The minimum absolute atomic E-state index is 0.118. The van der Waals surface area contributed by atoms with Crippen molar-refractivity contribution in [2.24, 2.45) is 11.7 Å². The second-order valence-electron chi connectivity index (χ2n) is 4.74. The van der Waals surface area contributed by atoms with Crippen LogP contribution in [0.25, 0.3) is 0 Å². The van der Waals surface area contributed by atoms with Gasteiger partial charge in [-0.05, 0) is 27.1 Å². The Balaban J connectivity index is 3.69. The van der Waals surface area contributed by atoms with Gasteiger partial charge in [0.25, 0.3) is 0 Å². The van der Waals surface area contributed by atoms with Crippen molar-refractivity contribution in [1.82, 2.24) is 9.80 Å². The molecule has 0 rings (SSSR count). The van der Waals surface area contributed by atoms with E-state index in [9.17, 15) is 4.79 Å². The van der Waals surface area contributed by atoms with Gasteiger partial charge in [0.1, 0.15) is 12.6 Å². The lowest BCUT2D eigenvalue weighted by molar-refractivity contribution is -0.146. The van der Waals surface area contributed by atoms with E-state index in [1.807, 2.05) is 35.0 Å². The summed E-state index contributed by atoms with van der Waals surface area (Å²) in [6.07, 6.45) is 0. The van der Waals surface area contributed by atoms with E-state index in [0.29, 0.717) is 13.2 Å².